The van der Waals surface area contributed by atoms with Crippen LogP contribution in [0.25, 0.3) is 11.1 Å². The molecule has 2 unspecified atom stereocenters. The maximum atomic E-state index is 9.10. The van der Waals surface area contributed by atoms with Gasteiger partial charge < -0.3 is 9.31 Å². The monoisotopic (exact) mass is 423 g/mol. The SMILES string of the molecule is [2H]C1=C([2H])C2C([2H])=C(c3c([2H])c([2H])c([2H])c([2H])c3[2H])C([2H])=C([2H])C2C([2H])=C1c1c([2H])c([2H])c([2H])c(B2OC(C)(C)C(C)(C)O2)c1[2H]. The summed E-state index contributed by atoms with van der Waals surface area (Å²) in [5, 5.41) is 0. The highest BCUT2D eigenvalue weighted by Crippen LogP contribution is 2.38. The lowest BCUT2D eigenvalue weighted by atomic mass is 9.76. The molecule has 3 heteroatoms. The summed E-state index contributed by atoms with van der Waals surface area (Å²) < 4.78 is 141. The second-order valence-electron chi connectivity index (χ2n) is 8.41. The van der Waals surface area contributed by atoms with Gasteiger partial charge in [-0.15, -0.1) is 0 Å². The smallest absolute Gasteiger partial charge is 0.399 e. The molecule has 2 aliphatic carbocycles. The molecular weight excluding hydrogens is 379 g/mol. The van der Waals surface area contributed by atoms with Gasteiger partial charge in [0, 0.05) is 11.8 Å². The van der Waals surface area contributed by atoms with Crippen LogP contribution in [0.5, 0.6) is 0 Å². The van der Waals surface area contributed by atoms with Crippen LogP contribution in [-0.2, 0) is 9.31 Å². The van der Waals surface area contributed by atoms with Crippen molar-refractivity contribution in [1.82, 2.24) is 0 Å². The Labute approximate surface area is 207 Å². The van der Waals surface area contributed by atoms with E-state index >= 15 is 0 Å². The number of hydrogen-bond donors (Lipinski definition) is 0. The van der Waals surface area contributed by atoms with Crippen LogP contribution in [0.2, 0.25) is 0 Å². The van der Waals surface area contributed by atoms with Crippen molar-refractivity contribution in [3.05, 3.63) is 102 Å². The van der Waals surface area contributed by atoms with Crippen LogP contribution in [0, 0.1) is 11.8 Å². The average Bonchev–Trinajstić information content (AvgIpc) is 3.19. The third-order valence-electron chi connectivity index (χ3n) is 5.77. The minimum atomic E-state index is -1.53. The molecule has 0 N–H and O–H groups in total. The fourth-order valence-electron chi connectivity index (χ4n) is 3.29. The van der Waals surface area contributed by atoms with Gasteiger partial charge in [0.2, 0.25) is 0 Å². The van der Waals surface area contributed by atoms with Crippen molar-refractivity contribution in [2.45, 2.75) is 38.9 Å². The van der Waals surface area contributed by atoms with E-state index in [1.165, 1.54) is 0 Å². The molecule has 1 saturated heterocycles. The first kappa shape index (κ1) is 9.48. The molecule has 0 saturated carbocycles. The normalized spacial score (nSPS) is 34.5. The van der Waals surface area contributed by atoms with E-state index < -0.39 is 143 Å². The summed E-state index contributed by atoms with van der Waals surface area (Å²) in [6, 6.07) is -9.80. The summed E-state index contributed by atoms with van der Waals surface area (Å²) in [4.78, 5) is 0. The molecule has 1 fully saturated rings. The Kier molecular flexibility index (Phi) is 2.30. The first-order valence-corrected chi connectivity index (χ1v) is 9.91. The number of rotatable bonds is 3. The minimum Gasteiger partial charge on any atom is -0.399 e. The molecule has 2 aromatic rings. The fraction of sp³-hybridized carbons (Fsp3) is 0.286. The first-order valence-electron chi connectivity index (χ1n) is 17.4. The fourth-order valence-corrected chi connectivity index (χ4v) is 3.29. The summed E-state index contributed by atoms with van der Waals surface area (Å²) in [6.07, 6.45) is 0. The van der Waals surface area contributed by atoms with E-state index in [9.17, 15) is 0 Å². The lowest BCUT2D eigenvalue weighted by molar-refractivity contribution is 0.00578. The maximum absolute atomic E-state index is 9.10. The molecule has 3 aliphatic rings. The van der Waals surface area contributed by atoms with Gasteiger partial charge in [0.05, 0.1) is 31.8 Å². The van der Waals surface area contributed by atoms with E-state index in [0.717, 1.165) is 0 Å². The van der Waals surface area contributed by atoms with Crippen LogP contribution in [0.15, 0.2) is 90.7 Å². The lowest BCUT2D eigenvalue weighted by Gasteiger charge is -2.32. The molecule has 0 amide bonds. The van der Waals surface area contributed by atoms with Crippen molar-refractivity contribution in [1.29, 1.82) is 0 Å². The molecule has 156 valence electrons. The van der Waals surface area contributed by atoms with Crippen molar-refractivity contribution in [3.63, 3.8) is 0 Å². The Morgan fingerprint density at radius 3 is 1.90 bits per heavy atom. The number of fused-ring (bicyclic) bond motifs is 1. The molecule has 5 rings (SSSR count). The van der Waals surface area contributed by atoms with E-state index in [-0.39, 0.29) is 5.46 Å². The molecule has 0 spiro atoms. The van der Waals surface area contributed by atoms with Crippen molar-refractivity contribution in [2.24, 2.45) is 11.8 Å². The third-order valence-corrected chi connectivity index (χ3v) is 5.77. The van der Waals surface area contributed by atoms with Crippen molar-refractivity contribution < 1.29 is 29.9 Å². The predicted molar refractivity (Wildman–Crippen MR) is 130 cm³/mol. The van der Waals surface area contributed by atoms with Crippen molar-refractivity contribution in [2.75, 3.05) is 0 Å². The largest absolute Gasteiger partial charge is 0.494 e. The maximum Gasteiger partial charge on any atom is 0.494 e. The van der Waals surface area contributed by atoms with E-state index in [2.05, 4.69) is 0 Å². The Morgan fingerprint density at radius 2 is 1.29 bits per heavy atom. The standard InChI is InChI=1S/C28H29BO2/c1-27(2)28(3,4)31-29(30-27)26-12-8-11-21(19-26)23-15-16-24-17-22(13-14-25(24)18-23)20-9-6-5-7-10-20/h5-19,24-25H,1-4H3/i5D,6D,7D,8D,9D,10D,11D,12D,13D,14D,15D,16D,17D,18D,19D. The molecule has 2 nitrogen and oxygen atoms in total. The van der Waals surface area contributed by atoms with E-state index in [1.807, 2.05) is 0 Å². The lowest BCUT2D eigenvalue weighted by Crippen LogP contribution is -2.41. The molecule has 1 heterocycles. The van der Waals surface area contributed by atoms with Crippen molar-refractivity contribution >= 4 is 23.7 Å². The average molecular weight is 423 g/mol. The van der Waals surface area contributed by atoms with Crippen LogP contribution in [0.3, 0.4) is 0 Å². The van der Waals surface area contributed by atoms with Crippen LogP contribution >= 0.6 is 0 Å². The topological polar surface area (TPSA) is 18.5 Å². The van der Waals surface area contributed by atoms with Gasteiger partial charge in [0.25, 0.3) is 0 Å². The highest BCUT2D eigenvalue weighted by atomic mass is 16.7. The molecular formula is C28H29BO2. The Hall–Kier alpha value is -2.62. The van der Waals surface area contributed by atoms with Gasteiger partial charge in [0.15, 0.2) is 0 Å². The van der Waals surface area contributed by atoms with Crippen LogP contribution < -0.4 is 5.46 Å². The van der Waals surface area contributed by atoms with E-state index in [4.69, 9.17) is 29.9 Å². The summed E-state index contributed by atoms with van der Waals surface area (Å²) in [5.41, 5.74) is -3.89. The van der Waals surface area contributed by atoms with Crippen LogP contribution in [0.4, 0.5) is 0 Å². The zero-order valence-corrected chi connectivity index (χ0v) is 17.5. The second kappa shape index (κ2) is 7.51. The van der Waals surface area contributed by atoms with E-state index in [0.29, 0.717) is 0 Å². The van der Waals surface area contributed by atoms with Gasteiger partial charge in [-0.05, 0) is 55.4 Å². The number of hydrogen-bond acceptors (Lipinski definition) is 2. The van der Waals surface area contributed by atoms with Gasteiger partial charge in [0.1, 0.15) is 0 Å². The molecule has 2 aromatic carbocycles. The molecule has 0 bridgehead atoms. The zero-order chi connectivity index (χ0) is 34.7. The highest BCUT2D eigenvalue weighted by molar-refractivity contribution is 6.62. The third kappa shape index (κ3) is 3.77. The molecule has 0 aromatic heterocycles. The molecule has 31 heavy (non-hydrogen) atoms. The van der Waals surface area contributed by atoms with Crippen LogP contribution in [0.1, 0.15) is 59.4 Å². The predicted octanol–water partition coefficient (Wildman–Crippen LogP) is 5.82. The Balaban J connectivity index is 1.76. The van der Waals surface area contributed by atoms with E-state index in [1.54, 1.807) is 27.7 Å². The zero-order valence-electron chi connectivity index (χ0n) is 32.5. The van der Waals surface area contributed by atoms with Gasteiger partial charge in [-0.25, -0.2) is 0 Å². The van der Waals surface area contributed by atoms with Gasteiger partial charge in [-0.2, -0.15) is 0 Å². The Bertz CT molecular complexity index is 1830. The van der Waals surface area contributed by atoms with Crippen LogP contribution in [-0.4, -0.2) is 18.3 Å². The quantitative estimate of drug-likeness (QED) is 0.579. The van der Waals surface area contributed by atoms with Crippen molar-refractivity contribution in [3.8, 4) is 0 Å². The summed E-state index contributed by atoms with van der Waals surface area (Å²) in [7, 11) is -1.31. The summed E-state index contributed by atoms with van der Waals surface area (Å²) >= 11 is 0. The second-order valence-corrected chi connectivity index (χ2v) is 8.41. The minimum absolute atomic E-state index is 0.215. The first-order chi connectivity index (χ1) is 21.1. The van der Waals surface area contributed by atoms with Gasteiger partial charge in [-0.3, -0.25) is 0 Å². The molecule has 1 aliphatic heterocycles. The number of benzene rings is 2. The molecule has 2 atom stereocenters. The Morgan fingerprint density at radius 1 is 0.742 bits per heavy atom. The summed E-state index contributed by atoms with van der Waals surface area (Å²) in [6.45, 7) is 6.99. The highest BCUT2D eigenvalue weighted by Gasteiger charge is 2.51. The number of allylic oxidation sites excluding steroid dienone is 8. The van der Waals surface area contributed by atoms with Gasteiger partial charge in [-0.1, -0.05) is 90.7 Å². The molecule has 0 radical (unpaired) electrons. The summed E-state index contributed by atoms with van der Waals surface area (Å²) in [5.74, 6) is -3.07. The van der Waals surface area contributed by atoms with Gasteiger partial charge >= 0.3 is 7.12 Å².